The predicted molar refractivity (Wildman–Crippen MR) is 97.5 cm³/mol. The lowest BCUT2D eigenvalue weighted by Gasteiger charge is -2.52. The molecule has 0 spiro atoms. The number of hydrogen-bond donors (Lipinski definition) is 1. The van der Waals surface area contributed by atoms with Crippen molar-refractivity contribution >= 4 is 6.09 Å². The van der Waals surface area contributed by atoms with E-state index in [0.717, 1.165) is 31.2 Å². The molecule has 3 rings (SSSR count). The lowest BCUT2D eigenvalue weighted by molar-refractivity contribution is -0.118. The lowest BCUT2D eigenvalue weighted by atomic mass is 9.66. The van der Waals surface area contributed by atoms with E-state index < -0.39 is 5.60 Å². The van der Waals surface area contributed by atoms with Crippen LogP contribution in [0.25, 0.3) is 0 Å². The molecular formula is C20H29NO5. The first-order chi connectivity index (χ1) is 12.5. The molecule has 0 bridgehead atoms. The number of piperidine rings is 1. The third kappa shape index (κ3) is 3.34. The lowest BCUT2D eigenvalue weighted by Crippen LogP contribution is -2.56. The van der Waals surface area contributed by atoms with Crippen molar-refractivity contribution in [2.45, 2.75) is 50.7 Å². The average molecular weight is 363 g/mol. The highest BCUT2D eigenvalue weighted by molar-refractivity contribution is 5.69. The maximum Gasteiger partial charge on any atom is 0.410 e. The third-order valence-corrected chi connectivity index (χ3v) is 5.83. The Hall–Kier alpha value is -1.95. The van der Waals surface area contributed by atoms with E-state index in [2.05, 4.69) is 0 Å². The minimum Gasteiger partial charge on any atom is -0.497 e. The zero-order valence-corrected chi connectivity index (χ0v) is 15.9. The number of amides is 1. The van der Waals surface area contributed by atoms with Gasteiger partial charge in [-0.15, -0.1) is 0 Å². The molecule has 1 saturated carbocycles. The van der Waals surface area contributed by atoms with Crippen LogP contribution in [0.2, 0.25) is 0 Å². The Morgan fingerprint density at radius 1 is 1.27 bits per heavy atom. The summed E-state index contributed by atoms with van der Waals surface area (Å²) in [6.07, 6.45) is 4.00. The Labute approximate surface area is 155 Å². The van der Waals surface area contributed by atoms with E-state index in [4.69, 9.17) is 14.2 Å². The molecule has 6 nitrogen and oxygen atoms in total. The number of nitrogens with zero attached hydrogens (tertiary/aromatic N) is 1. The first-order valence-corrected chi connectivity index (χ1v) is 9.41. The third-order valence-electron chi connectivity index (χ3n) is 5.83. The zero-order valence-electron chi connectivity index (χ0n) is 15.9. The Morgan fingerprint density at radius 2 is 2.08 bits per heavy atom. The first kappa shape index (κ1) is 18.8. The van der Waals surface area contributed by atoms with E-state index >= 15 is 0 Å². The topological polar surface area (TPSA) is 68.2 Å². The molecule has 6 heteroatoms. The second-order valence-electron chi connectivity index (χ2n) is 7.15. The van der Waals surface area contributed by atoms with Crippen LogP contribution in [-0.2, 0) is 4.74 Å². The summed E-state index contributed by atoms with van der Waals surface area (Å²) in [5, 5.41) is 11.3. The van der Waals surface area contributed by atoms with Crippen molar-refractivity contribution in [3.8, 4) is 11.5 Å². The summed E-state index contributed by atoms with van der Waals surface area (Å²) >= 11 is 0. The molecule has 1 heterocycles. The molecule has 2 aliphatic rings. The van der Waals surface area contributed by atoms with Crippen molar-refractivity contribution in [2.24, 2.45) is 5.92 Å². The molecule has 0 unspecified atom stereocenters. The number of methoxy groups -OCH3 is 2. The van der Waals surface area contributed by atoms with Gasteiger partial charge >= 0.3 is 6.09 Å². The van der Waals surface area contributed by atoms with Crippen molar-refractivity contribution in [3.63, 3.8) is 0 Å². The zero-order chi connectivity index (χ0) is 18.7. The Balaban J connectivity index is 2.05. The number of rotatable bonds is 4. The minimum atomic E-state index is -0.739. The largest absolute Gasteiger partial charge is 0.497 e. The van der Waals surface area contributed by atoms with Crippen LogP contribution in [0.5, 0.6) is 11.5 Å². The molecule has 0 aromatic heterocycles. The summed E-state index contributed by atoms with van der Waals surface area (Å²) in [4.78, 5) is 14.4. The molecular weight excluding hydrogens is 334 g/mol. The maximum atomic E-state index is 12.6. The molecule has 1 aromatic rings. The van der Waals surface area contributed by atoms with E-state index in [1.807, 2.05) is 25.1 Å². The molecule has 1 aliphatic carbocycles. The molecule has 144 valence electrons. The van der Waals surface area contributed by atoms with Crippen molar-refractivity contribution in [1.29, 1.82) is 0 Å². The van der Waals surface area contributed by atoms with E-state index in [0.29, 0.717) is 31.1 Å². The van der Waals surface area contributed by atoms with Gasteiger partial charge in [-0.05, 0) is 38.3 Å². The summed E-state index contributed by atoms with van der Waals surface area (Å²) in [7, 11) is 3.22. The van der Waals surface area contributed by atoms with E-state index in [-0.39, 0.29) is 18.1 Å². The van der Waals surface area contributed by atoms with Crippen LogP contribution in [0.1, 0.15) is 50.6 Å². The fourth-order valence-corrected chi connectivity index (χ4v) is 4.54. The van der Waals surface area contributed by atoms with Crippen LogP contribution in [-0.4, -0.2) is 49.1 Å². The van der Waals surface area contributed by atoms with Gasteiger partial charge in [0.25, 0.3) is 0 Å². The second-order valence-corrected chi connectivity index (χ2v) is 7.15. The first-order valence-electron chi connectivity index (χ1n) is 9.41. The smallest absolute Gasteiger partial charge is 0.410 e. The normalized spacial score (nSPS) is 28.2. The fraction of sp³-hybridized carbons (Fsp3) is 0.650. The summed E-state index contributed by atoms with van der Waals surface area (Å²) in [6.45, 7) is 2.62. The Kier molecular flexibility index (Phi) is 5.61. The van der Waals surface area contributed by atoms with E-state index in [1.54, 1.807) is 19.1 Å². The van der Waals surface area contributed by atoms with Crippen LogP contribution in [0.15, 0.2) is 18.2 Å². The predicted octanol–water partition coefficient (Wildman–Crippen LogP) is 3.53. The fourth-order valence-electron chi connectivity index (χ4n) is 4.54. The maximum absolute atomic E-state index is 12.6. The van der Waals surface area contributed by atoms with Crippen LogP contribution < -0.4 is 9.47 Å². The van der Waals surface area contributed by atoms with Gasteiger partial charge in [-0.3, -0.25) is 0 Å². The molecule has 26 heavy (non-hydrogen) atoms. The van der Waals surface area contributed by atoms with Crippen molar-refractivity contribution in [3.05, 3.63) is 23.8 Å². The molecule has 2 fully saturated rings. The van der Waals surface area contributed by atoms with Crippen molar-refractivity contribution in [1.82, 2.24) is 4.90 Å². The van der Waals surface area contributed by atoms with Gasteiger partial charge in [0, 0.05) is 24.1 Å². The molecule has 1 N–H and O–H groups in total. The summed E-state index contributed by atoms with van der Waals surface area (Å²) in [5.74, 6) is 1.33. The highest BCUT2D eigenvalue weighted by atomic mass is 16.6. The van der Waals surface area contributed by atoms with Gasteiger partial charge in [0.2, 0.25) is 0 Å². The Bertz CT molecular complexity index is 649. The summed E-state index contributed by atoms with van der Waals surface area (Å²) in [5.41, 5.74) is 0.156. The van der Waals surface area contributed by atoms with Crippen LogP contribution in [0.3, 0.4) is 0 Å². The van der Waals surface area contributed by atoms with Gasteiger partial charge in [-0.2, -0.15) is 0 Å². The quantitative estimate of drug-likeness (QED) is 0.886. The van der Waals surface area contributed by atoms with Gasteiger partial charge in [-0.25, -0.2) is 4.79 Å². The SMILES string of the molecule is CCOC(=O)N1CC[C@@]2(O)CCCC[C@H]2[C@@H]1c1ccc(OC)cc1OC. The highest BCUT2D eigenvalue weighted by Gasteiger charge is 2.51. The molecule has 0 radical (unpaired) electrons. The number of likely N-dealkylation sites (tertiary alicyclic amines) is 1. The van der Waals surface area contributed by atoms with Crippen molar-refractivity contribution < 1.29 is 24.1 Å². The summed E-state index contributed by atoms with van der Waals surface area (Å²) < 4.78 is 16.2. The molecule has 1 aliphatic heterocycles. The van der Waals surface area contributed by atoms with E-state index in [1.165, 1.54) is 0 Å². The minimum absolute atomic E-state index is 0.0308. The number of hydrogen-bond acceptors (Lipinski definition) is 5. The van der Waals surface area contributed by atoms with Gasteiger partial charge in [0.15, 0.2) is 0 Å². The van der Waals surface area contributed by atoms with Gasteiger partial charge in [0.05, 0.1) is 32.5 Å². The number of carbonyl (C=O) groups excluding carboxylic acids is 1. The number of aliphatic hydroxyl groups is 1. The highest BCUT2D eigenvalue weighted by Crippen LogP contribution is 2.51. The molecule has 1 saturated heterocycles. The Morgan fingerprint density at radius 3 is 2.77 bits per heavy atom. The summed E-state index contributed by atoms with van der Waals surface area (Å²) in [6, 6.07) is 5.37. The standard InChI is InChI=1S/C20H29NO5/c1-4-26-19(22)21-12-11-20(23)10-6-5-7-16(20)18(21)15-9-8-14(24-2)13-17(15)25-3/h8-9,13,16,18,23H,4-7,10-12H2,1-3H3/t16-,18-,20-/m0/s1. The van der Waals surface area contributed by atoms with Gasteiger partial charge in [-0.1, -0.05) is 12.8 Å². The molecule has 3 atom stereocenters. The van der Waals surface area contributed by atoms with Crippen LogP contribution >= 0.6 is 0 Å². The van der Waals surface area contributed by atoms with Gasteiger partial charge < -0.3 is 24.2 Å². The van der Waals surface area contributed by atoms with Crippen LogP contribution in [0, 0.1) is 5.92 Å². The molecule has 1 amide bonds. The second kappa shape index (κ2) is 7.74. The number of fused-ring (bicyclic) bond motifs is 1. The van der Waals surface area contributed by atoms with Crippen molar-refractivity contribution in [2.75, 3.05) is 27.4 Å². The molecule has 1 aromatic carbocycles. The average Bonchev–Trinajstić information content (AvgIpc) is 2.66. The number of benzene rings is 1. The number of carbonyl (C=O) groups is 1. The van der Waals surface area contributed by atoms with Crippen LogP contribution in [0.4, 0.5) is 4.79 Å². The monoisotopic (exact) mass is 363 g/mol. The number of ether oxygens (including phenoxy) is 3. The van der Waals surface area contributed by atoms with Gasteiger partial charge in [0.1, 0.15) is 11.5 Å². The van der Waals surface area contributed by atoms with E-state index in [9.17, 15) is 9.90 Å².